The first-order chi connectivity index (χ1) is 10.5. The average molecular weight is 297 g/mol. The fraction of sp³-hybridized carbons (Fsp3) is 0.0625. The van der Waals surface area contributed by atoms with Crippen LogP contribution in [0.3, 0.4) is 0 Å². The molecule has 0 aliphatic rings. The van der Waals surface area contributed by atoms with Crippen molar-refractivity contribution >= 4 is 29.1 Å². The van der Waals surface area contributed by atoms with Crippen LogP contribution in [0.15, 0.2) is 54.6 Å². The van der Waals surface area contributed by atoms with E-state index < -0.39 is 17.7 Å². The number of nitrogens with zero attached hydrogens (tertiary/aromatic N) is 1. The molecule has 6 nitrogen and oxygen atoms in total. The Labute approximate surface area is 127 Å². The molecule has 6 heteroatoms. The van der Waals surface area contributed by atoms with Crippen LogP contribution in [-0.2, 0) is 9.59 Å². The Hall–Kier alpha value is -3.15. The molecule has 0 radical (unpaired) electrons. The molecule has 2 aromatic rings. The lowest BCUT2D eigenvalue weighted by molar-refractivity contribution is -0.134. The first-order valence-electron chi connectivity index (χ1n) is 6.53. The number of benzene rings is 2. The number of nitrogens with one attached hydrogen (secondary N) is 1. The summed E-state index contributed by atoms with van der Waals surface area (Å²) in [6.45, 7) is 0. The maximum Gasteiger partial charge on any atom is 0.316 e. The zero-order chi connectivity index (χ0) is 16.1. The Kier molecular flexibility index (Phi) is 4.53. The summed E-state index contributed by atoms with van der Waals surface area (Å²) in [5.41, 5.74) is 6.48. The summed E-state index contributed by atoms with van der Waals surface area (Å²) in [7, 11) is 1.52. The van der Waals surface area contributed by atoms with Gasteiger partial charge in [0.2, 0.25) is 5.91 Å². The van der Waals surface area contributed by atoms with Gasteiger partial charge in [-0.25, -0.2) is 0 Å². The third-order valence-electron chi connectivity index (χ3n) is 3.07. The van der Waals surface area contributed by atoms with Crippen molar-refractivity contribution in [1.82, 2.24) is 0 Å². The second-order valence-corrected chi connectivity index (χ2v) is 4.60. The van der Waals surface area contributed by atoms with E-state index in [4.69, 9.17) is 5.73 Å². The van der Waals surface area contributed by atoms with Gasteiger partial charge in [-0.1, -0.05) is 18.2 Å². The molecule has 0 aliphatic carbocycles. The number of hydrogen-bond acceptors (Lipinski definition) is 3. The van der Waals surface area contributed by atoms with E-state index >= 15 is 0 Å². The third-order valence-corrected chi connectivity index (χ3v) is 3.07. The van der Waals surface area contributed by atoms with Gasteiger partial charge in [0.25, 0.3) is 0 Å². The van der Waals surface area contributed by atoms with Gasteiger partial charge in [0.15, 0.2) is 0 Å². The van der Waals surface area contributed by atoms with Crippen molar-refractivity contribution in [3.8, 4) is 0 Å². The molecule has 112 valence electrons. The second-order valence-electron chi connectivity index (χ2n) is 4.60. The number of nitrogens with two attached hydrogens (primary N) is 1. The lowest BCUT2D eigenvalue weighted by Gasteiger charge is -2.16. The average Bonchev–Trinajstić information content (AvgIpc) is 2.54. The molecular weight excluding hydrogens is 282 g/mol. The van der Waals surface area contributed by atoms with Crippen LogP contribution in [0, 0.1) is 0 Å². The van der Waals surface area contributed by atoms with Gasteiger partial charge in [0, 0.05) is 24.0 Å². The van der Waals surface area contributed by atoms with Crippen molar-refractivity contribution in [3.05, 3.63) is 60.2 Å². The summed E-state index contributed by atoms with van der Waals surface area (Å²) in [6.07, 6.45) is 0. The molecule has 2 aromatic carbocycles. The molecule has 0 atom stereocenters. The molecule has 0 heterocycles. The van der Waals surface area contributed by atoms with Gasteiger partial charge in [-0.2, -0.15) is 0 Å². The molecule has 0 aromatic heterocycles. The van der Waals surface area contributed by atoms with Gasteiger partial charge < -0.3 is 16.0 Å². The summed E-state index contributed by atoms with van der Waals surface area (Å²) < 4.78 is 0. The normalized spacial score (nSPS) is 9.86. The van der Waals surface area contributed by atoms with Gasteiger partial charge in [0.1, 0.15) is 0 Å². The monoisotopic (exact) mass is 297 g/mol. The van der Waals surface area contributed by atoms with Crippen LogP contribution < -0.4 is 16.0 Å². The van der Waals surface area contributed by atoms with Crippen LogP contribution in [0.5, 0.6) is 0 Å². The molecule has 0 aliphatic heterocycles. The Morgan fingerprint density at radius 2 is 1.55 bits per heavy atom. The van der Waals surface area contributed by atoms with Crippen molar-refractivity contribution in [2.24, 2.45) is 5.73 Å². The molecule has 0 saturated heterocycles. The van der Waals surface area contributed by atoms with E-state index in [0.29, 0.717) is 16.9 Å². The molecule has 0 saturated carbocycles. The second kappa shape index (κ2) is 6.53. The first kappa shape index (κ1) is 15.2. The standard InChI is InChI=1S/C16H15N3O3/c1-19(13-5-3-2-4-6-13)16(22)15(21)18-12-9-7-11(8-10-12)14(17)20/h2-10H,1H3,(H2,17,20)(H,18,21). The van der Waals surface area contributed by atoms with Crippen LogP contribution in [0.2, 0.25) is 0 Å². The van der Waals surface area contributed by atoms with Crippen LogP contribution in [0.4, 0.5) is 11.4 Å². The molecule has 22 heavy (non-hydrogen) atoms. The lowest BCUT2D eigenvalue weighted by atomic mass is 10.2. The number of likely N-dealkylation sites (N-methyl/N-ethyl adjacent to an activating group) is 1. The molecule has 3 N–H and O–H groups in total. The zero-order valence-corrected chi connectivity index (χ0v) is 11.9. The van der Waals surface area contributed by atoms with E-state index in [0.717, 1.165) is 0 Å². The SMILES string of the molecule is CN(C(=O)C(=O)Nc1ccc(C(N)=O)cc1)c1ccccc1. The Morgan fingerprint density at radius 3 is 2.09 bits per heavy atom. The van der Waals surface area contributed by atoms with Crippen molar-refractivity contribution in [3.63, 3.8) is 0 Å². The van der Waals surface area contributed by atoms with Gasteiger partial charge >= 0.3 is 11.8 Å². The van der Waals surface area contributed by atoms with E-state index in [1.165, 1.54) is 36.2 Å². The molecule has 0 bridgehead atoms. The van der Waals surface area contributed by atoms with Crippen LogP contribution in [0.25, 0.3) is 0 Å². The van der Waals surface area contributed by atoms with Crippen molar-refractivity contribution in [2.45, 2.75) is 0 Å². The highest BCUT2D eigenvalue weighted by atomic mass is 16.2. The Bertz CT molecular complexity index is 696. The number of primary amides is 1. The third kappa shape index (κ3) is 3.49. The van der Waals surface area contributed by atoms with Gasteiger partial charge in [-0.05, 0) is 36.4 Å². The van der Waals surface area contributed by atoms with Gasteiger partial charge in [0.05, 0.1) is 0 Å². The number of hydrogen-bond donors (Lipinski definition) is 2. The van der Waals surface area contributed by atoms with E-state index in [-0.39, 0.29) is 0 Å². The first-order valence-corrected chi connectivity index (χ1v) is 6.53. The number of amides is 3. The Morgan fingerprint density at radius 1 is 0.955 bits per heavy atom. The van der Waals surface area contributed by atoms with Crippen molar-refractivity contribution in [1.29, 1.82) is 0 Å². The highest BCUT2D eigenvalue weighted by molar-refractivity contribution is 6.44. The molecule has 0 fully saturated rings. The summed E-state index contributed by atoms with van der Waals surface area (Å²) in [5, 5.41) is 2.48. The summed E-state index contributed by atoms with van der Waals surface area (Å²) in [4.78, 5) is 36.2. The van der Waals surface area contributed by atoms with Crippen LogP contribution in [-0.4, -0.2) is 24.8 Å². The largest absolute Gasteiger partial charge is 0.366 e. The molecule has 3 amide bonds. The predicted octanol–water partition coefficient (Wildman–Crippen LogP) is 1.39. The van der Waals surface area contributed by atoms with Crippen molar-refractivity contribution < 1.29 is 14.4 Å². The molecular formula is C16H15N3O3. The maximum absolute atomic E-state index is 12.1. The number of para-hydroxylation sites is 1. The number of anilines is 2. The molecule has 0 unspecified atom stereocenters. The zero-order valence-electron chi connectivity index (χ0n) is 11.9. The van der Waals surface area contributed by atoms with Gasteiger partial charge in [-0.3, -0.25) is 14.4 Å². The fourth-order valence-electron chi connectivity index (χ4n) is 1.82. The minimum Gasteiger partial charge on any atom is -0.366 e. The predicted molar refractivity (Wildman–Crippen MR) is 83.4 cm³/mol. The smallest absolute Gasteiger partial charge is 0.316 e. The quantitative estimate of drug-likeness (QED) is 0.838. The topological polar surface area (TPSA) is 92.5 Å². The number of carbonyl (C=O) groups excluding carboxylic acids is 3. The molecule has 0 spiro atoms. The van der Waals surface area contributed by atoms with Gasteiger partial charge in [-0.15, -0.1) is 0 Å². The summed E-state index contributed by atoms with van der Waals surface area (Å²) in [5.74, 6) is -2.01. The molecule has 2 rings (SSSR count). The lowest BCUT2D eigenvalue weighted by Crippen LogP contribution is -2.37. The summed E-state index contributed by atoms with van der Waals surface area (Å²) in [6, 6.07) is 14.8. The van der Waals surface area contributed by atoms with Crippen LogP contribution in [0.1, 0.15) is 10.4 Å². The highest BCUT2D eigenvalue weighted by Crippen LogP contribution is 2.13. The van der Waals surface area contributed by atoms with E-state index in [1.54, 1.807) is 24.3 Å². The van der Waals surface area contributed by atoms with E-state index in [2.05, 4.69) is 5.32 Å². The van der Waals surface area contributed by atoms with Crippen LogP contribution >= 0.6 is 0 Å². The number of carbonyl (C=O) groups is 3. The fourth-order valence-corrected chi connectivity index (χ4v) is 1.82. The summed E-state index contributed by atoms with van der Waals surface area (Å²) >= 11 is 0. The van der Waals surface area contributed by atoms with Crippen molar-refractivity contribution in [2.75, 3.05) is 17.3 Å². The Balaban J connectivity index is 2.05. The minimum atomic E-state index is -0.766. The highest BCUT2D eigenvalue weighted by Gasteiger charge is 2.19. The number of rotatable bonds is 3. The van der Waals surface area contributed by atoms with E-state index in [1.807, 2.05) is 6.07 Å². The minimum absolute atomic E-state index is 0.325. The maximum atomic E-state index is 12.1. The van der Waals surface area contributed by atoms with E-state index in [9.17, 15) is 14.4 Å².